The van der Waals surface area contributed by atoms with Crippen molar-refractivity contribution in [3.63, 3.8) is 0 Å². The molecule has 140 valence electrons. The predicted molar refractivity (Wildman–Crippen MR) is 109 cm³/mol. The molecule has 8 heteroatoms. The van der Waals surface area contributed by atoms with Gasteiger partial charge in [0.1, 0.15) is 18.2 Å². The largest absolute Gasteiger partial charge is 0.489 e. The van der Waals surface area contributed by atoms with Crippen molar-refractivity contribution in [2.45, 2.75) is 20.4 Å². The molecule has 1 aromatic carbocycles. The van der Waals surface area contributed by atoms with Crippen LogP contribution in [0.4, 0.5) is 5.82 Å². The predicted octanol–water partition coefficient (Wildman–Crippen LogP) is 4.01. The lowest BCUT2D eigenvalue weighted by Crippen LogP contribution is -2.23. The standard InChI is InChI=1S/C19H21BrN6O/c1-4-26(18-8-5-14(10-21-18)19-22-24-25-23-19)11-15-9-16(20)6-7-17(15)27-12-13(2)3/h5-10H,2,4,11-12H2,1,3H3,(H,22,23,24,25). The molecule has 3 aromatic rings. The van der Waals surface area contributed by atoms with Crippen molar-refractivity contribution >= 4 is 21.7 Å². The molecule has 0 aliphatic rings. The Morgan fingerprint density at radius 3 is 2.78 bits per heavy atom. The first-order valence-electron chi connectivity index (χ1n) is 8.57. The third kappa shape index (κ3) is 4.91. The van der Waals surface area contributed by atoms with Gasteiger partial charge in [-0.3, -0.25) is 0 Å². The highest BCUT2D eigenvalue weighted by molar-refractivity contribution is 9.10. The van der Waals surface area contributed by atoms with Crippen molar-refractivity contribution < 1.29 is 4.74 Å². The molecule has 0 radical (unpaired) electrons. The number of halogens is 1. The van der Waals surface area contributed by atoms with Gasteiger partial charge in [0.25, 0.3) is 0 Å². The highest BCUT2D eigenvalue weighted by atomic mass is 79.9. The zero-order chi connectivity index (χ0) is 19.2. The molecule has 0 saturated carbocycles. The van der Waals surface area contributed by atoms with E-state index in [0.29, 0.717) is 19.0 Å². The quantitative estimate of drug-likeness (QED) is 0.546. The van der Waals surface area contributed by atoms with Crippen LogP contribution in [-0.2, 0) is 6.54 Å². The molecule has 2 heterocycles. The Hall–Kier alpha value is -2.74. The van der Waals surface area contributed by atoms with E-state index in [-0.39, 0.29) is 0 Å². The molecule has 2 aromatic heterocycles. The maximum Gasteiger partial charge on any atom is 0.180 e. The molecular weight excluding hydrogens is 408 g/mol. The average molecular weight is 429 g/mol. The van der Waals surface area contributed by atoms with Crippen LogP contribution in [0.2, 0.25) is 0 Å². The smallest absolute Gasteiger partial charge is 0.180 e. The van der Waals surface area contributed by atoms with E-state index < -0.39 is 0 Å². The van der Waals surface area contributed by atoms with Gasteiger partial charge in [-0.1, -0.05) is 22.5 Å². The fourth-order valence-electron chi connectivity index (χ4n) is 2.57. The van der Waals surface area contributed by atoms with E-state index in [1.165, 1.54) is 0 Å². The van der Waals surface area contributed by atoms with Crippen LogP contribution in [-0.4, -0.2) is 38.8 Å². The maximum absolute atomic E-state index is 5.91. The number of hydrogen-bond donors (Lipinski definition) is 1. The SMILES string of the molecule is C=C(C)COc1ccc(Br)cc1CN(CC)c1ccc(-c2nnn[nH]2)cn1. The third-order valence-electron chi connectivity index (χ3n) is 3.93. The number of rotatable bonds is 8. The van der Waals surface area contributed by atoms with E-state index in [0.717, 1.165) is 39.3 Å². The van der Waals surface area contributed by atoms with Crippen molar-refractivity contribution in [2.24, 2.45) is 0 Å². The van der Waals surface area contributed by atoms with Gasteiger partial charge in [0, 0.05) is 34.9 Å². The first-order valence-corrected chi connectivity index (χ1v) is 9.37. The molecule has 0 atom stereocenters. The minimum absolute atomic E-state index is 0.499. The van der Waals surface area contributed by atoms with Crippen LogP contribution in [0.1, 0.15) is 19.4 Å². The molecule has 0 fully saturated rings. The van der Waals surface area contributed by atoms with Gasteiger partial charge < -0.3 is 9.64 Å². The van der Waals surface area contributed by atoms with Crippen LogP contribution in [0.15, 0.2) is 53.2 Å². The van der Waals surface area contributed by atoms with Crippen molar-refractivity contribution in [1.82, 2.24) is 25.6 Å². The maximum atomic E-state index is 5.91. The van der Waals surface area contributed by atoms with E-state index >= 15 is 0 Å². The van der Waals surface area contributed by atoms with E-state index in [1.54, 1.807) is 6.20 Å². The lowest BCUT2D eigenvalue weighted by molar-refractivity contribution is 0.348. The molecule has 7 nitrogen and oxygen atoms in total. The van der Waals surface area contributed by atoms with Gasteiger partial charge in [0.15, 0.2) is 5.82 Å². The fraction of sp³-hybridized carbons (Fsp3) is 0.263. The number of benzene rings is 1. The van der Waals surface area contributed by atoms with E-state index in [9.17, 15) is 0 Å². The zero-order valence-corrected chi connectivity index (χ0v) is 16.9. The Labute approximate surface area is 166 Å². The van der Waals surface area contributed by atoms with Crippen LogP contribution in [0.3, 0.4) is 0 Å². The summed E-state index contributed by atoms with van der Waals surface area (Å²) < 4.78 is 6.92. The number of hydrogen-bond acceptors (Lipinski definition) is 6. The van der Waals surface area contributed by atoms with Crippen LogP contribution < -0.4 is 9.64 Å². The number of nitrogens with one attached hydrogen (secondary N) is 1. The van der Waals surface area contributed by atoms with Crippen LogP contribution in [0.5, 0.6) is 5.75 Å². The van der Waals surface area contributed by atoms with Crippen LogP contribution in [0, 0.1) is 0 Å². The van der Waals surface area contributed by atoms with Gasteiger partial charge >= 0.3 is 0 Å². The summed E-state index contributed by atoms with van der Waals surface area (Å²) >= 11 is 3.55. The Balaban J connectivity index is 1.80. The number of ether oxygens (including phenoxy) is 1. The van der Waals surface area contributed by atoms with Gasteiger partial charge in [-0.2, -0.15) is 0 Å². The molecule has 0 aliphatic carbocycles. The fourth-order valence-corrected chi connectivity index (χ4v) is 2.98. The summed E-state index contributed by atoms with van der Waals surface area (Å²) in [4.78, 5) is 6.75. The third-order valence-corrected chi connectivity index (χ3v) is 4.42. The molecule has 3 rings (SSSR count). The Morgan fingerprint density at radius 2 is 2.15 bits per heavy atom. The summed E-state index contributed by atoms with van der Waals surface area (Å²) in [7, 11) is 0. The second-order valence-corrected chi connectivity index (χ2v) is 7.08. The highest BCUT2D eigenvalue weighted by Gasteiger charge is 2.12. The first-order chi connectivity index (χ1) is 13.1. The molecule has 0 amide bonds. The first kappa shape index (κ1) is 19.0. The summed E-state index contributed by atoms with van der Waals surface area (Å²) in [5, 5.41) is 13.8. The number of tetrazole rings is 1. The van der Waals surface area contributed by atoms with Crippen molar-refractivity contribution in [3.8, 4) is 17.1 Å². The van der Waals surface area contributed by atoms with E-state index in [1.807, 2.05) is 31.2 Å². The van der Waals surface area contributed by atoms with E-state index in [2.05, 4.69) is 66.0 Å². The Bertz CT molecular complexity index is 895. The van der Waals surface area contributed by atoms with Crippen molar-refractivity contribution in [3.05, 3.63) is 58.7 Å². The number of aromatic amines is 1. The molecule has 27 heavy (non-hydrogen) atoms. The van der Waals surface area contributed by atoms with E-state index in [4.69, 9.17) is 4.74 Å². The van der Waals surface area contributed by atoms with Crippen LogP contribution >= 0.6 is 15.9 Å². The van der Waals surface area contributed by atoms with Crippen molar-refractivity contribution in [2.75, 3.05) is 18.1 Å². The van der Waals surface area contributed by atoms with Gasteiger partial charge in [0.2, 0.25) is 0 Å². The number of anilines is 1. The lowest BCUT2D eigenvalue weighted by Gasteiger charge is -2.23. The minimum Gasteiger partial charge on any atom is -0.489 e. The molecular formula is C19H21BrN6O. The minimum atomic E-state index is 0.499. The van der Waals surface area contributed by atoms with Gasteiger partial charge in [-0.25, -0.2) is 10.1 Å². The summed E-state index contributed by atoms with van der Waals surface area (Å²) in [5.74, 6) is 2.32. The molecule has 0 aliphatic heterocycles. The van der Waals surface area contributed by atoms with Crippen molar-refractivity contribution in [1.29, 1.82) is 0 Å². The van der Waals surface area contributed by atoms with Gasteiger partial charge in [-0.05, 0) is 60.2 Å². The lowest BCUT2D eigenvalue weighted by atomic mass is 10.1. The highest BCUT2D eigenvalue weighted by Crippen LogP contribution is 2.27. The second-order valence-electron chi connectivity index (χ2n) is 6.17. The Kier molecular flexibility index (Phi) is 6.18. The molecule has 0 saturated heterocycles. The average Bonchev–Trinajstić information content (AvgIpc) is 3.20. The second kappa shape index (κ2) is 8.77. The molecule has 0 bridgehead atoms. The number of H-pyrrole nitrogens is 1. The summed E-state index contributed by atoms with van der Waals surface area (Å²) in [5.41, 5.74) is 2.90. The number of nitrogens with zero attached hydrogens (tertiary/aromatic N) is 5. The zero-order valence-electron chi connectivity index (χ0n) is 15.3. The number of aromatic nitrogens is 5. The van der Waals surface area contributed by atoms with Gasteiger partial charge in [-0.15, -0.1) is 5.10 Å². The summed E-state index contributed by atoms with van der Waals surface area (Å²) in [6.07, 6.45) is 1.76. The van der Waals surface area contributed by atoms with Crippen LogP contribution in [0.25, 0.3) is 11.4 Å². The summed E-state index contributed by atoms with van der Waals surface area (Å²) in [6, 6.07) is 9.95. The topological polar surface area (TPSA) is 79.8 Å². The van der Waals surface area contributed by atoms with Gasteiger partial charge in [0.05, 0.1) is 0 Å². The molecule has 0 spiro atoms. The normalized spacial score (nSPS) is 10.6. The molecule has 1 N–H and O–H groups in total. The monoisotopic (exact) mass is 428 g/mol. The number of pyridine rings is 1. The Morgan fingerprint density at radius 1 is 1.30 bits per heavy atom. The summed E-state index contributed by atoms with van der Waals surface area (Å²) in [6.45, 7) is 9.94. The molecule has 0 unspecified atom stereocenters.